The zero-order valence-electron chi connectivity index (χ0n) is 5.82. The third-order valence-electron chi connectivity index (χ3n) is 1.57. The van der Waals surface area contributed by atoms with Gasteiger partial charge in [-0.05, 0) is 6.92 Å². The van der Waals surface area contributed by atoms with E-state index in [1.807, 2.05) is 11.6 Å². The van der Waals surface area contributed by atoms with E-state index >= 15 is 0 Å². The molecular weight excluding hydrogens is 130 g/mol. The van der Waals surface area contributed by atoms with Crippen molar-refractivity contribution in [2.24, 2.45) is 0 Å². The molecule has 0 amide bonds. The third kappa shape index (κ3) is 0.806. The Morgan fingerprint density at radius 1 is 1.90 bits per heavy atom. The van der Waals surface area contributed by atoms with Crippen LogP contribution in [0.1, 0.15) is 18.9 Å². The van der Waals surface area contributed by atoms with Crippen molar-refractivity contribution < 1.29 is 4.74 Å². The molecule has 1 saturated heterocycles. The summed E-state index contributed by atoms with van der Waals surface area (Å²) in [7, 11) is 0. The van der Waals surface area contributed by atoms with E-state index in [1.165, 1.54) is 0 Å². The van der Waals surface area contributed by atoms with Crippen LogP contribution in [0.5, 0.6) is 0 Å². The number of rotatable bonds is 2. The fourth-order valence-electron chi connectivity index (χ4n) is 0.963. The molecule has 1 atom stereocenters. The molecule has 0 saturated carbocycles. The lowest BCUT2D eigenvalue weighted by atomic mass is 10.4. The van der Waals surface area contributed by atoms with Crippen LogP contribution in [0, 0.1) is 0 Å². The SMILES string of the molecule is CCn1ncnc1C1CO1. The van der Waals surface area contributed by atoms with Gasteiger partial charge in [-0.15, -0.1) is 0 Å². The second kappa shape index (κ2) is 2.05. The largest absolute Gasteiger partial charge is 0.365 e. The van der Waals surface area contributed by atoms with Crippen LogP contribution in [0.2, 0.25) is 0 Å². The molecule has 1 aromatic rings. The van der Waals surface area contributed by atoms with Crippen LogP contribution >= 0.6 is 0 Å². The van der Waals surface area contributed by atoms with Gasteiger partial charge in [-0.25, -0.2) is 9.67 Å². The molecule has 1 fully saturated rings. The number of hydrogen-bond donors (Lipinski definition) is 0. The minimum Gasteiger partial charge on any atom is -0.365 e. The molecule has 10 heavy (non-hydrogen) atoms. The summed E-state index contributed by atoms with van der Waals surface area (Å²) in [5, 5.41) is 4.02. The van der Waals surface area contributed by atoms with Gasteiger partial charge in [0.2, 0.25) is 0 Å². The van der Waals surface area contributed by atoms with Gasteiger partial charge >= 0.3 is 0 Å². The van der Waals surface area contributed by atoms with E-state index in [0.717, 1.165) is 19.0 Å². The minimum absolute atomic E-state index is 0.224. The van der Waals surface area contributed by atoms with Gasteiger partial charge in [0.25, 0.3) is 0 Å². The maximum Gasteiger partial charge on any atom is 0.158 e. The first-order valence-corrected chi connectivity index (χ1v) is 3.41. The van der Waals surface area contributed by atoms with Gasteiger partial charge in [0.1, 0.15) is 12.4 Å². The zero-order chi connectivity index (χ0) is 6.97. The van der Waals surface area contributed by atoms with Crippen molar-refractivity contribution >= 4 is 0 Å². The first kappa shape index (κ1) is 5.85. The number of epoxide rings is 1. The molecule has 0 aromatic carbocycles. The van der Waals surface area contributed by atoms with E-state index in [-0.39, 0.29) is 6.10 Å². The Bertz CT molecular complexity index is 229. The number of aryl methyl sites for hydroxylation is 1. The summed E-state index contributed by atoms with van der Waals surface area (Å²) in [6, 6.07) is 0. The molecule has 0 spiro atoms. The van der Waals surface area contributed by atoms with Crippen LogP contribution in [0.3, 0.4) is 0 Å². The van der Waals surface area contributed by atoms with Crippen molar-refractivity contribution in [3.8, 4) is 0 Å². The maximum absolute atomic E-state index is 5.07. The summed E-state index contributed by atoms with van der Waals surface area (Å²) in [5.41, 5.74) is 0. The van der Waals surface area contributed by atoms with Gasteiger partial charge < -0.3 is 4.74 Å². The van der Waals surface area contributed by atoms with Gasteiger partial charge in [0, 0.05) is 6.54 Å². The minimum atomic E-state index is 0.224. The van der Waals surface area contributed by atoms with E-state index in [1.54, 1.807) is 6.33 Å². The van der Waals surface area contributed by atoms with Crippen molar-refractivity contribution in [1.82, 2.24) is 14.8 Å². The van der Waals surface area contributed by atoms with Gasteiger partial charge in [-0.1, -0.05) is 0 Å². The van der Waals surface area contributed by atoms with Crippen molar-refractivity contribution in [2.45, 2.75) is 19.6 Å². The molecule has 4 heteroatoms. The number of hydrogen-bond acceptors (Lipinski definition) is 3. The van der Waals surface area contributed by atoms with E-state index in [0.29, 0.717) is 0 Å². The average molecular weight is 139 g/mol. The van der Waals surface area contributed by atoms with Gasteiger partial charge in [-0.3, -0.25) is 0 Å². The fourth-order valence-corrected chi connectivity index (χ4v) is 0.963. The molecule has 0 N–H and O–H groups in total. The molecule has 2 rings (SSSR count). The molecule has 0 bridgehead atoms. The molecule has 0 radical (unpaired) electrons. The van der Waals surface area contributed by atoms with Crippen LogP contribution in [0.4, 0.5) is 0 Å². The predicted molar refractivity (Wildman–Crippen MR) is 34.4 cm³/mol. The molecular formula is C6H9N3O. The van der Waals surface area contributed by atoms with E-state index in [9.17, 15) is 0 Å². The topological polar surface area (TPSA) is 43.2 Å². The number of ether oxygens (including phenoxy) is 1. The first-order valence-electron chi connectivity index (χ1n) is 3.41. The third-order valence-corrected chi connectivity index (χ3v) is 1.57. The Morgan fingerprint density at radius 3 is 3.30 bits per heavy atom. The Kier molecular flexibility index (Phi) is 1.20. The second-order valence-electron chi connectivity index (χ2n) is 2.26. The molecule has 54 valence electrons. The van der Waals surface area contributed by atoms with E-state index < -0.39 is 0 Å². The van der Waals surface area contributed by atoms with Crippen molar-refractivity contribution in [3.05, 3.63) is 12.2 Å². The average Bonchev–Trinajstić information content (AvgIpc) is 2.69. The van der Waals surface area contributed by atoms with Gasteiger partial charge in [-0.2, -0.15) is 5.10 Å². The quantitative estimate of drug-likeness (QED) is 0.556. The Morgan fingerprint density at radius 2 is 2.70 bits per heavy atom. The van der Waals surface area contributed by atoms with Crippen molar-refractivity contribution in [2.75, 3.05) is 6.61 Å². The summed E-state index contributed by atoms with van der Waals surface area (Å²) >= 11 is 0. The smallest absolute Gasteiger partial charge is 0.158 e. The number of nitrogens with zero attached hydrogens (tertiary/aromatic N) is 3. The maximum atomic E-state index is 5.07. The highest BCUT2D eigenvalue weighted by Gasteiger charge is 2.29. The Labute approximate surface area is 58.8 Å². The summed E-state index contributed by atoms with van der Waals surface area (Å²) in [4.78, 5) is 4.08. The lowest BCUT2D eigenvalue weighted by molar-refractivity contribution is 0.395. The highest BCUT2D eigenvalue weighted by molar-refractivity contribution is 4.96. The lowest BCUT2D eigenvalue weighted by Crippen LogP contribution is -2.02. The first-order chi connectivity index (χ1) is 4.92. The van der Waals surface area contributed by atoms with Crippen molar-refractivity contribution in [3.63, 3.8) is 0 Å². The normalized spacial score (nSPS) is 23.1. The lowest BCUT2D eigenvalue weighted by Gasteiger charge is -1.96. The van der Waals surface area contributed by atoms with Gasteiger partial charge in [0.15, 0.2) is 5.82 Å². The standard InChI is InChI=1S/C6H9N3O/c1-2-9-6(5-3-10-5)7-4-8-9/h4-5H,2-3H2,1H3. The monoisotopic (exact) mass is 139 g/mol. The molecule has 0 aliphatic carbocycles. The summed E-state index contributed by atoms with van der Waals surface area (Å²) in [6.45, 7) is 3.72. The van der Waals surface area contributed by atoms with Crippen LogP contribution in [-0.2, 0) is 11.3 Å². The van der Waals surface area contributed by atoms with Crippen LogP contribution in [0.15, 0.2) is 6.33 Å². The highest BCUT2D eigenvalue weighted by Crippen LogP contribution is 2.27. The van der Waals surface area contributed by atoms with E-state index in [4.69, 9.17) is 4.74 Å². The number of aromatic nitrogens is 3. The fraction of sp³-hybridized carbons (Fsp3) is 0.667. The molecule has 2 heterocycles. The van der Waals surface area contributed by atoms with Crippen molar-refractivity contribution in [1.29, 1.82) is 0 Å². The van der Waals surface area contributed by atoms with Crippen LogP contribution in [0.25, 0.3) is 0 Å². The highest BCUT2D eigenvalue weighted by atomic mass is 16.6. The molecule has 4 nitrogen and oxygen atoms in total. The Balaban J connectivity index is 2.28. The van der Waals surface area contributed by atoms with Crippen LogP contribution in [-0.4, -0.2) is 21.4 Å². The summed E-state index contributed by atoms with van der Waals surface area (Å²) < 4.78 is 6.93. The summed E-state index contributed by atoms with van der Waals surface area (Å²) in [6.07, 6.45) is 1.79. The molecule has 1 aliphatic rings. The van der Waals surface area contributed by atoms with E-state index in [2.05, 4.69) is 10.1 Å². The molecule has 1 unspecified atom stereocenters. The predicted octanol–water partition coefficient (Wildman–Crippen LogP) is 0.369. The van der Waals surface area contributed by atoms with Crippen LogP contribution < -0.4 is 0 Å². The summed E-state index contributed by atoms with van der Waals surface area (Å²) in [5.74, 6) is 0.961. The van der Waals surface area contributed by atoms with Gasteiger partial charge in [0.05, 0.1) is 6.61 Å². The zero-order valence-corrected chi connectivity index (χ0v) is 5.82. The molecule has 1 aliphatic heterocycles. The Hall–Kier alpha value is -0.900. The second-order valence-corrected chi connectivity index (χ2v) is 2.26. The molecule has 1 aromatic heterocycles.